The molecular weight excluding hydrogens is 525 g/mol. The Balaban J connectivity index is 1.72. The van der Waals surface area contributed by atoms with E-state index in [0.29, 0.717) is 26.5 Å². The Labute approximate surface area is 224 Å². The molecule has 0 aliphatic carbocycles. The first-order chi connectivity index (χ1) is 18.4. The summed E-state index contributed by atoms with van der Waals surface area (Å²) < 4.78 is 45.6. The van der Waals surface area contributed by atoms with E-state index >= 15 is 13.7 Å². The summed E-state index contributed by atoms with van der Waals surface area (Å²) in [5, 5.41) is 3.20. The van der Waals surface area contributed by atoms with Gasteiger partial charge in [0, 0.05) is 26.5 Å². The highest BCUT2D eigenvalue weighted by atomic mass is 31.2. The summed E-state index contributed by atoms with van der Waals surface area (Å²) in [5.74, 6) is -0.163. The van der Waals surface area contributed by atoms with E-state index in [1.54, 1.807) is 0 Å². The lowest BCUT2D eigenvalue weighted by Gasteiger charge is -2.30. The van der Waals surface area contributed by atoms with Crippen molar-refractivity contribution in [1.82, 2.24) is 0 Å². The molecule has 0 bridgehead atoms. The van der Waals surface area contributed by atoms with Gasteiger partial charge in [0.05, 0.1) is 11.8 Å². The van der Waals surface area contributed by atoms with Gasteiger partial charge in [-0.3, -0.25) is 0 Å². The van der Waals surface area contributed by atoms with Crippen LogP contribution in [0, 0.1) is 0 Å². The zero-order valence-electron chi connectivity index (χ0n) is 20.9. The molecule has 0 atom stereocenters. The van der Waals surface area contributed by atoms with Crippen LogP contribution in [0.1, 0.15) is 0 Å². The maximum Gasteiger partial charge on any atom is 0.150 e. The lowest BCUT2D eigenvalue weighted by Crippen LogP contribution is -2.25. The summed E-state index contributed by atoms with van der Waals surface area (Å²) in [6.07, 6.45) is 0. The normalized spacial score (nSPS) is 12.2. The summed E-state index contributed by atoms with van der Waals surface area (Å²) in [7, 11) is -10.2. The van der Waals surface area contributed by atoms with Gasteiger partial charge in [0.1, 0.15) is 7.14 Å². The van der Waals surface area contributed by atoms with Crippen molar-refractivity contribution in [3.63, 3.8) is 0 Å². The number of benzene rings is 5. The fourth-order valence-corrected chi connectivity index (χ4v) is 19.0. The molecule has 0 amide bonds. The van der Waals surface area contributed by atoms with Crippen LogP contribution in [0.2, 0.25) is 0 Å². The van der Waals surface area contributed by atoms with Gasteiger partial charge in [-0.05, 0) is 0 Å². The van der Waals surface area contributed by atoms with E-state index in [1.165, 1.54) is 0 Å². The second kappa shape index (κ2) is 11.3. The molecule has 0 radical (unpaired) electrons. The van der Waals surface area contributed by atoms with Crippen molar-refractivity contribution >= 4 is 47.9 Å². The Kier molecular flexibility index (Phi) is 7.83. The first-order valence-corrected chi connectivity index (χ1v) is 18.3. The van der Waals surface area contributed by atoms with Crippen molar-refractivity contribution in [3.8, 4) is 0 Å². The molecule has 0 aliphatic heterocycles. The maximum absolute atomic E-state index is 15.4. The van der Waals surface area contributed by atoms with Crippen LogP contribution in [-0.2, 0) is 13.7 Å². The quantitative estimate of drug-likeness (QED) is 0.193. The average molecular weight is 555 g/mol. The van der Waals surface area contributed by atoms with Crippen LogP contribution in [0.15, 0.2) is 152 Å². The molecule has 5 rings (SSSR count). The first-order valence-electron chi connectivity index (χ1n) is 12.5. The highest BCUT2D eigenvalue weighted by molar-refractivity contribution is 7.97. The summed E-state index contributed by atoms with van der Waals surface area (Å²) in [4.78, 5) is 0. The van der Waals surface area contributed by atoms with Gasteiger partial charge in [-0.2, -0.15) is 0 Å². The van der Waals surface area contributed by atoms with Gasteiger partial charge in [0.25, 0.3) is 0 Å². The lowest BCUT2D eigenvalue weighted by atomic mass is 10.4. The van der Waals surface area contributed by atoms with Crippen molar-refractivity contribution < 1.29 is 13.7 Å². The van der Waals surface area contributed by atoms with E-state index in [9.17, 15) is 0 Å². The molecule has 0 fully saturated rings. The largest absolute Gasteiger partial charge is 0.318 e. The van der Waals surface area contributed by atoms with Gasteiger partial charge in [0.15, 0.2) is 14.3 Å². The second-order valence-corrected chi connectivity index (χ2v) is 18.9. The van der Waals surface area contributed by atoms with E-state index < -0.39 is 21.4 Å². The Morgan fingerprint density at radius 2 is 0.526 bits per heavy atom. The smallest absolute Gasteiger partial charge is 0.150 e. The molecule has 38 heavy (non-hydrogen) atoms. The van der Waals surface area contributed by atoms with E-state index in [-0.39, 0.29) is 11.8 Å². The molecule has 0 saturated heterocycles. The number of rotatable bonds is 9. The maximum atomic E-state index is 15.4. The molecule has 3 nitrogen and oxygen atoms in total. The molecule has 0 aromatic heterocycles. The van der Waals surface area contributed by atoms with Gasteiger partial charge < -0.3 is 13.7 Å². The minimum Gasteiger partial charge on any atom is -0.318 e. The van der Waals surface area contributed by atoms with Crippen LogP contribution in [0.4, 0.5) is 0 Å². The average Bonchev–Trinajstić information content (AvgIpc) is 2.99. The molecule has 5 aromatic rings. The van der Waals surface area contributed by atoms with E-state index in [1.807, 2.05) is 152 Å². The van der Waals surface area contributed by atoms with Crippen LogP contribution >= 0.6 is 21.4 Å². The fraction of sp³-hybridized carbons (Fsp3) is 0.0625. The molecular formula is C32H29O3P3. The third-order valence-corrected chi connectivity index (χ3v) is 19.4. The van der Waals surface area contributed by atoms with E-state index in [0.717, 1.165) is 0 Å². The van der Waals surface area contributed by atoms with Crippen LogP contribution in [0.3, 0.4) is 0 Å². The molecule has 0 aliphatic rings. The molecule has 5 aromatic carbocycles. The lowest BCUT2D eigenvalue weighted by molar-refractivity contribution is 0.577. The predicted molar refractivity (Wildman–Crippen MR) is 163 cm³/mol. The Morgan fingerprint density at radius 1 is 0.316 bits per heavy atom. The summed E-state index contributed by atoms with van der Waals surface area (Å²) in [6.45, 7) is 0. The number of hydrogen-bond donors (Lipinski definition) is 0. The van der Waals surface area contributed by atoms with Crippen molar-refractivity contribution in [2.75, 3.05) is 11.8 Å². The van der Waals surface area contributed by atoms with Crippen LogP contribution < -0.4 is 26.5 Å². The third kappa shape index (κ3) is 5.34. The highest BCUT2D eigenvalue weighted by Gasteiger charge is 2.43. The zero-order chi connectivity index (χ0) is 26.5. The topological polar surface area (TPSA) is 51.2 Å². The highest BCUT2D eigenvalue weighted by Crippen LogP contribution is 2.66. The minimum absolute atomic E-state index is 0.0816. The molecule has 0 N–H and O–H groups in total. The summed E-state index contributed by atoms with van der Waals surface area (Å²) >= 11 is 0. The summed E-state index contributed by atoms with van der Waals surface area (Å²) in [5.41, 5.74) is 0. The molecule has 190 valence electrons. The first kappa shape index (κ1) is 26.4. The van der Waals surface area contributed by atoms with Crippen LogP contribution in [0.25, 0.3) is 0 Å². The van der Waals surface area contributed by atoms with Gasteiger partial charge in [-0.1, -0.05) is 152 Å². The monoisotopic (exact) mass is 554 g/mol. The van der Waals surface area contributed by atoms with Gasteiger partial charge >= 0.3 is 0 Å². The van der Waals surface area contributed by atoms with Crippen molar-refractivity contribution in [2.45, 2.75) is 0 Å². The van der Waals surface area contributed by atoms with Crippen LogP contribution in [-0.4, -0.2) is 11.8 Å². The standard InChI is InChI=1S/C32H29O3P3/c33-36(28-16-6-1-7-17-28,26-37(34,29-18-8-2-9-19-29)30-20-10-3-11-21-30)27-38(35,31-22-12-4-13-23-31)32-24-14-5-15-25-32/h1-25H,26-27H2. The van der Waals surface area contributed by atoms with E-state index in [2.05, 4.69) is 0 Å². The van der Waals surface area contributed by atoms with E-state index in [4.69, 9.17) is 0 Å². The molecule has 0 spiro atoms. The third-order valence-electron chi connectivity index (χ3n) is 6.78. The van der Waals surface area contributed by atoms with Crippen molar-refractivity contribution in [2.24, 2.45) is 0 Å². The SMILES string of the molecule is O=P(CP(=O)(c1ccccc1)c1ccccc1)(CP(=O)(c1ccccc1)c1ccccc1)c1ccccc1. The minimum atomic E-state index is -3.50. The fourth-order valence-electron chi connectivity index (χ4n) is 4.85. The molecule has 6 heteroatoms. The van der Waals surface area contributed by atoms with Crippen LogP contribution in [0.5, 0.6) is 0 Å². The Bertz CT molecular complexity index is 1430. The van der Waals surface area contributed by atoms with Gasteiger partial charge in [-0.15, -0.1) is 0 Å². The van der Waals surface area contributed by atoms with Crippen molar-refractivity contribution in [1.29, 1.82) is 0 Å². The summed E-state index contributed by atoms with van der Waals surface area (Å²) in [6, 6.07) is 46.4. The Morgan fingerprint density at radius 3 is 0.763 bits per heavy atom. The number of hydrogen-bond acceptors (Lipinski definition) is 3. The Hall–Kier alpha value is -3.21. The van der Waals surface area contributed by atoms with Crippen molar-refractivity contribution in [3.05, 3.63) is 152 Å². The predicted octanol–water partition coefficient (Wildman–Crippen LogP) is 6.62. The molecule has 0 unspecified atom stereocenters. The second-order valence-electron chi connectivity index (χ2n) is 9.33. The molecule has 0 saturated carbocycles. The van der Waals surface area contributed by atoms with Gasteiger partial charge in [0.2, 0.25) is 0 Å². The van der Waals surface area contributed by atoms with Gasteiger partial charge in [-0.25, -0.2) is 0 Å². The zero-order valence-corrected chi connectivity index (χ0v) is 23.6. The molecule has 0 heterocycles.